The molecule has 0 atom stereocenters. The molecule has 0 radical (unpaired) electrons. The van der Waals surface area contributed by atoms with Crippen LogP contribution < -0.4 is 28.4 Å². The molecular weight excluding hydrogens is 1400 g/mol. The van der Waals surface area contributed by atoms with Crippen LogP contribution in [0.1, 0.15) is 81.7 Å². The Hall–Kier alpha value is -10.3. The second-order valence-corrected chi connectivity index (χ2v) is 29.4. The number of ether oxygens (including phenoxy) is 6. The average molecular weight is 1470 g/mol. The number of carbonyl (C=O) groups is 3. The van der Waals surface area contributed by atoms with Crippen molar-refractivity contribution in [2.75, 3.05) is 78.9 Å². The van der Waals surface area contributed by atoms with Crippen LogP contribution in [0.4, 0.5) is 13.2 Å². The normalized spacial score (nSPS) is 14.1. The number of hydrogen-bond acceptors (Lipinski definition) is 18. The number of phenolic OH excluding ortho intramolecular Hbond substituents is 3. The van der Waals surface area contributed by atoms with Crippen molar-refractivity contribution in [3.63, 3.8) is 0 Å². The number of fused-ring (bicyclic) bond motifs is 3. The van der Waals surface area contributed by atoms with Crippen molar-refractivity contribution in [1.82, 2.24) is 14.7 Å². The molecule has 0 aliphatic carbocycles. The van der Waals surface area contributed by atoms with Crippen LogP contribution in [0, 0.1) is 20.8 Å². The summed E-state index contributed by atoms with van der Waals surface area (Å²) in [6.45, 7) is 12.1. The van der Waals surface area contributed by atoms with Gasteiger partial charge in [0.05, 0.1) is 20.0 Å². The number of hydrogen-bond donors (Lipinski definition) is 3. The summed E-state index contributed by atoms with van der Waals surface area (Å²) in [5, 5.41) is 32.1. The molecule has 540 valence electrons. The fourth-order valence-corrected chi connectivity index (χ4v) is 15.9. The highest BCUT2D eigenvalue weighted by Crippen LogP contribution is 2.47. The number of phenols is 3. The average Bonchev–Trinajstić information content (AvgIpc) is 1.64. The third kappa shape index (κ3) is 17.9. The molecule has 0 amide bonds. The molecule has 0 unspecified atom stereocenters. The number of benzene rings is 9. The molecule has 3 aliphatic rings. The van der Waals surface area contributed by atoms with E-state index in [1.54, 1.807) is 66.7 Å². The quantitative estimate of drug-likeness (QED) is 0.0414. The van der Waals surface area contributed by atoms with E-state index in [9.17, 15) is 42.9 Å². The van der Waals surface area contributed by atoms with Crippen LogP contribution in [0.15, 0.2) is 200 Å². The van der Waals surface area contributed by atoms with E-state index >= 15 is 0 Å². The number of aromatic hydroxyl groups is 3. The number of rotatable bonds is 27. The second-order valence-electron chi connectivity index (χ2n) is 26.2. The highest BCUT2D eigenvalue weighted by molar-refractivity contribution is 7.22. The van der Waals surface area contributed by atoms with Crippen LogP contribution in [0.5, 0.6) is 69.0 Å². The summed E-state index contributed by atoms with van der Waals surface area (Å²) in [7, 11) is 0. The van der Waals surface area contributed by atoms with Gasteiger partial charge in [-0.15, -0.1) is 34.0 Å². The van der Waals surface area contributed by atoms with E-state index in [-0.39, 0.29) is 72.9 Å². The molecule has 15 rings (SSSR count). The van der Waals surface area contributed by atoms with Gasteiger partial charge in [-0.1, -0.05) is 83.9 Å². The highest BCUT2D eigenvalue weighted by Gasteiger charge is 2.32. The van der Waals surface area contributed by atoms with Gasteiger partial charge >= 0.3 is 0 Å². The Balaban J connectivity index is 0.000000140. The fourth-order valence-electron chi connectivity index (χ4n) is 12.6. The molecule has 3 aromatic heterocycles. The summed E-state index contributed by atoms with van der Waals surface area (Å²) in [6.07, 6.45) is 1.99. The van der Waals surface area contributed by atoms with Crippen LogP contribution >= 0.6 is 34.0 Å². The van der Waals surface area contributed by atoms with Crippen molar-refractivity contribution in [2.45, 2.75) is 58.3 Å². The number of alkyl halides is 3. The molecule has 105 heavy (non-hydrogen) atoms. The molecule has 15 nitrogen and oxygen atoms in total. The van der Waals surface area contributed by atoms with Crippen LogP contribution in [0.3, 0.4) is 0 Å². The van der Waals surface area contributed by atoms with E-state index in [2.05, 4.69) is 14.7 Å². The first-order valence-corrected chi connectivity index (χ1v) is 37.2. The number of likely N-dealkylation sites (tertiary alicyclic amines) is 3. The van der Waals surface area contributed by atoms with E-state index in [1.807, 2.05) is 154 Å². The Kier molecular flexibility index (Phi) is 23.4. The summed E-state index contributed by atoms with van der Waals surface area (Å²) in [5.74, 6) is 5.47. The predicted octanol–water partition coefficient (Wildman–Crippen LogP) is 19.1. The lowest BCUT2D eigenvalue weighted by atomic mass is 10.0. The zero-order chi connectivity index (χ0) is 73.1. The molecular formula is C84H78F3N3O12S3. The smallest absolute Gasteiger partial charge is 0.207 e. The van der Waals surface area contributed by atoms with Gasteiger partial charge in [-0.2, -0.15) is 0 Å². The molecule has 0 spiro atoms. The summed E-state index contributed by atoms with van der Waals surface area (Å²) < 4.78 is 76.0. The second kappa shape index (κ2) is 33.7. The Morgan fingerprint density at radius 1 is 0.381 bits per heavy atom. The number of halogens is 3. The fraction of sp³-hybridized carbons (Fsp3) is 0.250. The Morgan fingerprint density at radius 2 is 0.705 bits per heavy atom. The number of thiophene rings is 3. The minimum atomic E-state index is -0.290. The van der Waals surface area contributed by atoms with E-state index < -0.39 is 0 Å². The monoisotopic (exact) mass is 1470 g/mol. The standard InChI is InChI=1S/C29H28FNO4S.C28H26FNO4S.C27H24FNO4S/c1-18-4-10-24(19(2)14-18)27(33)29-28(25-11-5-20(32)15-26(25)36-29)35-22-8-6-21(7-9-22)34-23-16-31(17-23)13-3-12-30;1-18-3-5-19(6-4-18)26(32)28-27(24-12-7-20(31)15-25(24)35-28)34-22-10-8-21(9-11-22)33-23-16-30(17-23)14-2-13-29;28-13-4-14-29-16-22(17-29)32-20-8-10-21(11-9-20)33-26-23-12-7-19(30)15-24(23)34-27(26)25(31)18-5-2-1-3-6-18/h4-11,14-15,23,32H,3,12-13,16-17H2,1-2H3;3-12,15,23,31H,2,13-14,16-17H2,1H3;1-3,5-12,15,22,30H,4,13-14,16-17H2. The summed E-state index contributed by atoms with van der Waals surface area (Å²) in [4.78, 5) is 48.2. The van der Waals surface area contributed by atoms with Gasteiger partial charge < -0.3 is 43.7 Å². The van der Waals surface area contributed by atoms with Crippen molar-refractivity contribution in [1.29, 1.82) is 0 Å². The lowest BCUT2D eigenvalue weighted by Crippen LogP contribution is -2.53. The van der Waals surface area contributed by atoms with E-state index in [0.717, 1.165) is 123 Å². The molecule has 3 saturated heterocycles. The molecule has 6 heterocycles. The zero-order valence-electron chi connectivity index (χ0n) is 58.1. The molecule has 0 saturated carbocycles. The van der Waals surface area contributed by atoms with Gasteiger partial charge in [-0.3, -0.25) is 42.3 Å². The van der Waals surface area contributed by atoms with Gasteiger partial charge in [0.15, 0.2) is 17.2 Å². The third-order valence-electron chi connectivity index (χ3n) is 18.1. The number of ketones is 3. The minimum absolute atomic E-state index is 0.104. The van der Waals surface area contributed by atoms with Crippen molar-refractivity contribution in [3.05, 3.63) is 248 Å². The Bertz CT molecular complexity index is 5000. The van der Waals surface area contributed by atoms with Crippen molar-refractivity contribution in [2.24, 2.45) is 0 Å². The van der Waals surface area contributed by atoms with Crippen molar-refractivity contribution in [3.8, 4) is 69.0 Å². The van der Waals surface area contributed by atoms with Gasteiger partial charge in [0.2, 0.25) is 17.3 Å². The molecule has 12 aromatic rings. The molecule has 9 aromatic carbocycles. The Labute approximate surface area is 618 Å². The maximum Gasteiger partial charge on any atom is 0.207 e. The first-order valence-electron chi connectivity index (χ1n) is 34.8. The first-order chi connectivity index (χ1) is 51.0. The lowest BCUT2D eigenvalue weighted by molar-refractivity contribution is 0.0183. The molecule has 21 heteroatoms. The van der Waals surface area contributed by atoms with Crippen LogP contribution in [-0.2, 0) is 0 Å². The number of aryl methyl sites for hydroxylation is 3. The third-order valence-corrected chi connectivity index (χ3v) is 21.5. The predicted molar refractivity (Wildman–Crippen MR) is 408 cm³/mol. The maximum absolute atomic E-state index is 13.6. The van der Waals surface area contributed by atoms with E-state index in [4.69, 9.17) is 28.4 Å². The van der Waals surface area contributed by atoms with Gasteiger partial charge in [0.1, 0.15) is 84.7 Å². The topological polar surface area (TPSA) is 177 Å². The summed E-state index contributed by atoms with van der Waals surface area (Å²) in [6, 6.07) is 59.3. The van der Waals surface area contributed by atoms with Crippen LogP contribution in [0.25, 0.3) is 30.3 Å². The van der Waals surface area contributed by atoms with Crippen LogP contribution in [0.2, 0.25) is 0 Å². The summed E-state index contributed by atoms with van der Waals surface area (Å²) in [5.41, 5.74) is 4.88. The lowest BCUT2D eigenvalue weighted by Gasteiger charge is -2.38. The van der Waals surface area contributed by atoms with Crippen molar-refractivity contribution >= 4 is 81.6 Å². The maximum atomic E-state index is 13.6. The first kappa shape index (κ1) is 73.1. The zero-order valence-corrected chi connectivity index (χ0v) is 60.6. The Morgan fingerprint density at radius 3 is 1.05 bits per heavy atom. The minimum Gasteiger partial charge on any atom is -0.508 e. The molecule has 3 aliphatic heterocycles. The molecule has 3 fully saturated rings. The molecule has 3 N–H and O–H groups in total. The highest BCUT2D eigenvalue weighted by atomic mass is 32.1. The summed E-state index contributed by atoms with van der Waals surface area (Å²) >= 11 is 3.92. The van der Waals surface area contributed by atoms with Gasteiger partial charge in [0, 0.05) is 106 Å². The largest absolute Gasteiger partial charge is 0.508 e. The van der Waals surface area contributed by atoms with Crippen molar-refractivity contribution < 1.29 is 71.3 Å². The van der Waals surface area contributed by atoms with Gasteiger partial charge in [-0.25, -0.2) is 0 Å². The van der Waals surface area contributed by atoms with Gasteiger partial charge in [-0.05, 0) is 173 Å². The van der Waals surface area contributed by atoms with Crippen LogP contribution in [-0.4, -0.2) is 145 Å². The number of nitrogens with zero attached hydrogens (tertiary/aromatic N) is 3. The SMILES string of the molecule is Cc1ccc(C(=O)c2sc3cc(O)ccc3c2Oc2ccc(OC3CN(CCCF)C3)cc2)c(C)c1.Cc1ccc(C(=O)c2sc3cc(O)ccc3c2Oc2ccc(OC3CN(CCCF)C3)cc2)cc1.O=C(c1ccccc1)c1sc2cc(O)ccc2c1Oc1ccc(OC2CN(CCCF)C2)cc1. The molecule has 0 bridgehead atoms. The van der Waals surface area contributed by atoms with E-state index in [1.165, 1.54) is 34.0 Å². The number of carbonyl (C=O) groups excluding carboxylic acids is 3. The van der Waals surface area contributed by atoms with Gasteiger partial charge in [0.25, 0.3) is 0 Å². The van der Waals surface area contributed by atoms with E-state index in [0.29, 0.717) is 85.1 Å².